The molecular formula is C16H23N2O2-. The van der Waals surface area contributed by atoms with Crippen LogP contribution in [-0.4, -0.2) is 28.1 Å². The molecule has 20 heavy (non-hydrogen) atoms. The average molecular weight is 275 g/mol. The van der Waals surface area contributed by atoms with E-state index in [0.29, 0.717) is 18.4 Å². The van der Waals surface area contributed by atoms with E-state index in [1.54, 1.807) is 12.1 Å². The molecule has 0 bridgehead atoms. The van der Waals surface area contributed by atoms with Crippen LogP contribution in [0.15, 0.2) is 30.3 Å². The maximum Gasteiger partial charge on any atom is 0.251 e. The number of amides is 1. The lowest BCUT2D eigenvalue weighted by molar-refractivity contribution is 0.00240. The number of carbonyl (C=O) groups excluding carboxylic acids is 1. The van der Waals surface area contributed by atoms with Gasteiger partial charge in [0.1, 0.15) is 0 Å². The van der Waals surface area contributed by atoms with Crippen molar-refractivity contribution in [3.8, 4) is 0 Å². The topological polar surface area (TPSA) is 55.4 Å². The molecule has 0 atom stereocenters. The number of hydroxylamine groups is 2. The van der Waals surface area contributed by atoms with Crippen LogP contribution in [-0.2, 0) is 0 Å². The average Bonchev–Trinajstić information content (AvgIpc) is 2.36. The largest absolute Gasteiger partial charge is 0.784 e. The highest BCUT2D eigenvalue weighted by molar-refractivity contribution is 5.94. The second-order valence-corrected chi connectivity index (χ2v) is 6.86. The molecule has 110 valence electrons. The molecule has 0 aromatic heterocycles. The molecule has 0 aliphatic carbocycles. The molecule has 1 N–H and O–H groups in total. The molecule has 1 amide bonds. The number of nitrogens with zero attached hydrogens (tertiary/aromatic N) is 1. The molecule has 0 spiro atoms. The van der Waals surface area contributed by atoms with E-state index in [0.717, 1.165) is 0 Å². The third-order valence-electron chi connectivity index (χ3n) is 3.96. The third kappa shape index (κ3) is 3.02. The predicted molar refractivity (Wildman–Crippen MR) is 80.3 cm³/mol. The first-order valence-corrected chi connectivity index (χ1v) is 7.06. The van der Waals surface area contributed by atoms with Gasteiger partial charge in [-0.05, 0) is 52.7 Å². The summed E-state index contributed by atoms with van der Waals surface area (Å²) in [4.78, 5) is 12.2. The standard InChI is InChI=1S/C16H23N2O2/c1-15(2)10-13(11-16(3,4)18(15)20)17-14(19)12-8-6-5-7-9-12/h5-9,13H,10-11H2,1-4H3,(H,17,19)/q-1. The summed E-state index contributed by atoms with van der Waals surface area (Å²) < 4.78 is 0. The van der Waals surface area contributed by atoms with Crippen LogP contribution in [0.5, 0.6) is 0 Å². The zero-order valence-corrected chi connectivity index (χ0v) is 12.6. The number of carbonyl (C=O) groups is 1. The van der Waals surface area contributed by atoms with Crippen molar-refractivity contribution in [1.29, 1.82) is 0 Å². The highest BCUT2D eigenvalue weighted by atomic mass is 16.5. The smallest absolute Gasteiger partial charge is 0.251 e. The van der Waals surface area contributed by atoms with Crippen LogP contribution in [0.2, 0.25) is 0 Å². The minimum Gasteiger partial charge on any atom is -0.784 e. The molecule has 1 fully saturated rings. The van der Waals surface area contributed by atoms with Gasteiger partial charge in [0.15, 0.2) is 0 Å². The fourth-order valence-electron chi connectivity index (χ4n) is 3.22. The molecule has 1 aliphatic heterocycles. The minimum absolute atomic E-state index is 0.0258. The molecule has 0 saturated carbocycles. The number of hydrogen-bond donors (Lipinski definition) is 1. The van der Waals surface area contributed by atoms with Crippen LogP contribution in [0.25, 0.3) is 0 Å². The van der Waals surface area contributed by atoms with Gasteiger partial charge in [-0.2, -0.15) is 0 Å². The summed E-state index contributed by atoms with van der Waals surface area (Å²) in [6.07, 6.45) is 1.33. The van der Waals surface area contributed by atoms with E-state index in [4.69, 9.17) is 0 Å². The van der Waals surface area contributed by atoms with Gasteiger partial charge < -0.3 is 15.6 Å². The van der Waals surface area contributed by atoms with Gasteiger partial charge in [-0.1, -0.05) is 18.2 Å². The molecule has 1 aliphatic rings. The summed E-state index contributed by atoms with van der Waals surface area (Å²) >= 11 is 0. The second-order valence-electron chi connectivity index (χ2n) is 6.86. The highest BCUT2D eigenvalue weighted by Crippen LogP contribution is 2.37. The number of benzene rings is 1. The van der Waals surface area contributed by atoms with Crippen molar-refractivity contribution in [2.24, 2.45) is 0 Å². The molecule has 1 aromatic rings. The van der Waals surface area contributed by atoms with Gasteiger partial charge in [0, 0.05) is 22.7 Å². The highest BCUT2D eigenvalue weighted by Gasteiger charge is 2.40. The first-order chi connectivity index (χ1) is 9.22. The molecule has 0 unspecified atom stereocenters. The Labute approximate surface area is 120 Å². The fourth-order valence-corrected chi connectivity index (χ4v) is 3.22. The lowest BCUT2D eigenvalue weighted by atomic mass is 9.79. The summed E-state index contributed by atoms with van der Waals surface area (Å²) in [6.45, 7) is 7.73. The van der Waals surface area contributed by atoms with E-state index < -0.39 is 11.1 Å². The molecule has 1 saturated heterocycles. The monoisotopic (exact) mass is 275 g/mol. The van der Waals surface area contributed by atoms with Crippen molar-refractivity contribution >= 4 is 5.91 Å². The van der Waals surface area contributed by atoms with Crippen LogP contribution in [0.3, 0.4) is 0 Å². The quantitative estimate of drug-likeness (QED) is 0.903. The van der Waals surface area contributed by atoms with Gasteiger partial charge >= 0.3 is 0 Å². The summed E-state index contributed by atoms with van der Waals surface area (Å²) in [7, 11) is 0. The Morgan fingerprint density at radius 2 is 1.65 bits per heavy atom. The maximum atomic E-state index is 12.3. The summed E-state index contributed by atoms with van der Waals surface area (Å²) in [5, 5.41) is 16.5. The van der Waals surface area contributed by atoms with Crippen molar-refractivity contribution in [3.63, 3.8) is 0 Å². The van der Waals surface area contributed by atoms with E-state index in [1.807, 2.05) is 45.9 Å². The van der Waals surface area contributed by atoms with Gasteiger partial charge in [0.25, 0.3) is 5.91 Å². The van der Waals surface area contributed by atoms with Gasteiger partial charge in [-0.25, -0.2) is 0 Å². The first kappa shape index (κ1) is 15.0. The lowest BCUT2D eigenvalue weighted by Crippen LogP contribution is -2.61. The van der Waals surface area contributed by atoms with Gasteiger partial charge in [-0.15, -0.1) is 0 Å². The Morgan fingerprint density at radius 3 is 2.15 bits per heavy atom. The Bertz CT molecular complexity index is 465. The van der Waals surface area contributed by atoms with Crippen molar-refractivity contribution in [2.45, 2.75) is 57.7 Å². The molecular weight excluding hydrogens is 252 g/mol. The van der Waals surface area contributed by atoms with E-state index in [2.05, 4.69) is 5.32 Å². The van der Waals surface area contributed by atoms with Gasteiger partial charge in [0.2, 0.25) is 0 Å². The van der Waals surface area contributed by atoms with Gasteiger partial charge in [-0.3, -0.25) is 4.79 Å². The minimum atomic E-state index is -0.462. The lowest BCUT2D eigenvalue weighted by Gasteiger charge is -2.60. The van der Waals surface area contributed by atoms with E-state index in [9.17, 15) is 10.0 Å². The van der Waals surface area contributed by atoms with Crippen LogP contribution in [0.1, 0.15) is 50.9 Å². The zero-order valence-electron chi connectivity index (χ0n) is 12.6. The first-order valence-electron chi connectivity index (χ1n) is 7.06. The van der Waals surface area contributed by atoms with E-state index in [-0.39, 0.29) is 11.9 Å². The van der Waals surface area contributed by atoms with Crippen molar-refractivity contribution in [1.82, 2.24) is 10.4 Å². The Morgan fingerprint density at radius 1 is 1.15 bits per heavy atom. The molecule has 2 rings (SSSR count). The van der Waals surface area contributed by atoms with E-state index >= 15 is 0 Å². The SMILES string of the molecule is CC1(C)CC(NC(=O)c2ccccc2)CC(C)(C)N1[O-]. The maximum absolute atomic E-state index is 12.3. The number of nitrogens with one attached hydrogen (secondary N) is 1. The second kappa shape index (κ2) is 5.19. The van der Waals surface area contributed by atoms with Crippen LogP contribution < -0.4 is 5.32 Å². The van der Waals surface area contributed by atoms with Crippen molar-refractivity contribution in [3.05, 3.63) is 41.1 Å². The van der Waals surface area contributed by atoms with Crippen molar-refractivity contribution < 1.29 is 4.79 Å². The molecule has 4 nitrogen and oxygen atoms in total. The van der Waals surface area contributed by atoms with E-state index in [1.165, 1.54) is 5.06 Å². The number of piperidine rings is 1. The Balaban J connectivity index is 2.09. The summed E-state index contributed by atoms with van der Waals surface area (Å²) in [5.41, 5.74) is -0.264. The normalized spacial score (nSPS) is 22.4. The summed E-state index contributed by atoms with van der Waals surface area (Å²) in [6, 6.07) is 9.21. The molecule has 0 radical (unpaired) electrons. The predicted octanol–water partition coefficient (Wildman–Crippen LogP) is 2.94. The molecule has 1 aromatic carbocycles. The molecule has 1 heterocycles. The zero-order chi connectivity index (χ0) is 15.0. The van der Waals surface area contributed by atoms with Crippen LogP contribution in [0, 0.1) is 5.21 Å². The summed E-state index contributed by atoms with van der Waals surface area (Å²) in [5.74, 6) is -0.0680. The van der Waals surface area contributed by atoms with Crippen LogP contribution >= 0.6 is 0 Å². The fraction of sp³-hybridized carbons (Fsp3) is 0.562. The Kier molecular flexibility index (Phi) is 3.89. The van der Waals surface area contributed by atoms with Gasteiger partial charge in [0.05, 0.1) is 0 Å². The number of hydrogen-bond acceptors (Lipinski definition) is 3. The van der Waals surface area contributed by atoms with Crippen molar-refractivity contribution in [2.75, 3.05) is 0 Å². The molecule has 4 heteroatoms. The Hall–Kier alpha value is -1.39. The third-order valence-corrected chi connectivity index (χ3v) is 3.96. The van der Waals surface area contributed by atoms with Crippen LogP contribution in [0.4, 0.5) is 0 Å². The number of rotatable bonds is 2.